The summed E-state index contributed by atoms with van der Waals surface area (Å²) in [5.41, 5.74) is 6.01. The number of benzene rings is 3. The summed E-state index contributed by atoms with van der Waals surface area (Å²) in [4.78, 5) is 13.8. The number of nitrogens with two attached hydrogens (primary N) is 1. The number of nitrogen functional groups attached to an aromatic ring is 1. The van der Waals surface area contributed by atoms with Crippen molar-refractivity contribution in [1.29, 1.82) is 0 Å². The molecule has 1 unspecified atom stereocenters. The number of hydrogen-bond donors (Lipinski definition) is 2. The molecule has 29 heavy (non-hydrogen) atoms. The van der Waals surface area contributed by atoms with E-state index in [2.05, 4.69) is 5.32 Å². The lowest BCUT2D eigenvalue weighted by atomic mass is 10.1. The van der Waals surface area contributed by atoms with Crippen LogP contribution in [0.1, 0.15) is 16.4 Å². The van der Waals surface area contributed by atoms with Crippen LogP contribution >= 0.6 is 23.4 Å². The Kier molecular flexibility index (Phi) is 6.39. The van der Waals surface area contributed by atoms with Crippen molar-refractivity contribution in [1.82, 2.24) is 0 Å². The second kappa shape index (κ2) is 8.80. The average molecular weight is 437 g/mol. The summed E-state index contributed by atoms with van der Waals surface area (Å²) in [5.74, 6) is -0.487. The van der Waals surface area contributed by atoms with Crippen LogP contribution in [0.2, 0.25) is 5.02 Å². The molecule has 1 atom stereocenters. The molecule has 0 aliphatic heterocycles. The van der Waals surface area contributed by atoms with Crippen molar-refractivity contribution in [3.8, 4) is 0 Å². The summed E-state index contributed by atoms with van der Waals surface area (Å²) in [5, 5.41) is 1.86. The largest absolute Gasteiger partial charge is 0.416 e. The van der Waals surface area contributed by atoms with E-state index in [1.165, 1.54) is 11.8 Å². The summed E-state index contributed by atoms with van der Waals surface area (Å²) < 4.78 is 39.0. The van der Waals surface area contributed by atoms with E-state index in [9.17, 15) is 18.0 Å². The van der Waals surface area contributed by atoms with Gasteiger partial charge >= 0.3 is 6.18 Å². The normalized spacial score (nSPS) is 12.4. The standard InChI is InChI=1S/C21H16ClF3N2OS/c22-17-11-6-14(21(23,24)25)12-18(17)27-20(28)19(13-4-2-1-3-5-13)29-16-9-7-15(26)8-10-16/h1-12,19H,26H2,(H,27,28). The zero-order valence-electron chi connectivity index (χ0n) is 14.9. The number of carbonyl (C=O) groups excluding carboxylic acids is 1. The maximum Gasteiger partial charge on any atom is 0.416 e. The topological polar surface area (TPSA) is 55.1 Å². The minimum absolute atomic E-state index is 0.0237. The fraction of sp³-hybridized carbons (Fsp3) is 0.0952. The first kappa shape index (κ1) is 21.1. The number of thioether (sulfide) groups is 1. The highest BCUT2D eigenvalue weighted by atomic mass is 35.5. The van der Waals surface area contributed by atoms with Gasteiger partial charge in [0.25, 0.3) is 0 Å². The number of hydrogen-bond acceptors (Lipinski definition) is 3. The zero-order valence-corrected chi connectivity index (χ0v) is 16.5. The van der Waals surface area contributed by atoms with Gasteiger partial charge in [-0.15, -0.1) is 11.8 Å². The number of amides is 1. The van der Waals surface area contributed by atoms with Crippen LogP contribution in [-0.4, -0.2) is 5.91 Å². The number of anilines is 2. The second-order valence-corrected chi connectivity index (χ2v) is 7.74. The highest BCUT2D eigenvalue weighted by Crippen LogP contribution is 2.38. The van der Waals surface area contributed by atoms with Gasteiger partial charge in [0.2, 0.25) is 5.91 Å². The van der Waals surface area contributed by atoms with Gasteiger partial charge in [0.05, 0.1) is 16.3 Å². The minimum Gasteiger partial charge on any atom is -0.399 e. The van der Waals surface area contributed by atoms with E-state index < -0.39 is 22.9 Å². The van der Waals surface area contributed by atoms with Gasteiger partial charge in [-0.1, -0.05) is 41.9 Å². The van der Waals surface area contributed by atoms with Crippen molar-refractivity contribution >= 4 is 40.6 Å². The van der Waals surface area contributed by atoms with Gasteiger partial charge in [-0.3, -0.25) is 4.79 Å². The Bertz CT molecular complexity index is 995. The lowest BCUT2D eigenvalue weighted by Crippen LogP contribution is -2.19. The fourth-order valence-corrected chi connectivity index (χ4v) is 3.77. The Morgan fingerprint density at radius 2 is 1.66 bits per heavy atom. The second-order valence-electron chi connectivity index (χ2n) is 6.16. The molecule has 8 heteroatoms. The summed E-state index contributed by atoms with van der Waals surface area (Å²) in [7, 11) is 0. The number of alkyl halides is 3. The lowest BCUT2D eigenvalue weighted by molar-refractivity contribution is -0.137. The molecule has 0 saturated carbocycles. The Hall–Kier alpha value is -2.64. The minimum atomic E-state index is -4.54. The van der Waals surface area contributed by atoms with Crippen molar-refractivity contribution in [2.45, 2.75) is 16.3 Å². The van der Waals surface area contributed by atoms with Crippen LogP contribution in [0.4, 0.5) is 24.5 Å². The molecule has 0 aromatic heterocycles. The van der Waals surface area contributed by atoms with Gasteiger partial charge in [0.15, 0.2) is 0 Å². The van der Waals surface area contributed by atoms with Crippen LogP contribution in [0.15, 0.2) is 77.7 Å². The molecule has 3 aromatic rings. The number of carbonyl (C=O) groups is 1. The molecule has 3 aromatic carbocycles. The SMILES string of the molecule is Nc1ccc(SC(C(=O)Nc2cc(C(F)(F)F)ccc2Cl)c2ccccc2)cc1. The molecule has 0 radical (unpaired) electrons. The highest BCUT2D eigenvalue weighted by Gasteiger charge is 2.31. The molecule has 150 valence electrons. The molecule has 3 nitrogen and oxygen atoms in total. The molecule has 0 bridgehead atoms. The van der Waals surface area contributed by atoms with Gasteiger partial charge in [-0.2, -0.15) is 13.2 Å². The molecule has 0 fully saturated rings. The Morgan fingerprint density at radius 1 is 1.00 bits per heavy atom. The third kappa shape index (κ3) is 5.46. The number of nitrogens with one attached hydrogen (secondary N) is 1. The number of halogens is 4. The Balaban J connectivity index is 1.90. The van der Waals surface area contributed by atoms with Gasteiger partial charge in [-0.25, -0.2) is 0 Å². The summed E-state index contributed by atoms with van der Waals surface area (Å²) in [6.07, 6.45) is -4.54. The maximum absolute atomic E-state index is 13.0. The van der Waals surface area contributed by atoms with Crippen LogP contribution in [0.25, 0.3) is 0 Å². The molecule has 0 spiro atoms. The van der Waals surface area contributed by atoms with Crippen LogP contribution in [0.3, 0.4) is 0 Å². The van der Waals surface area contributed by atoms with Gasteiger partial charge < -0.3 is 11.1 Å². The van der Waals surface area contributed by atoms with Crippen molar-refractivity contribution in [3.63, 3.8) is 0 Å². The van der Waals surface area contributed by atoms with E-state index >= 15 is 0 Å². The predicted molar refractivity (Wildman–Crippen MR) is 111 cm³/mol. The first-order valence-corrected chi connectivity index (χ1v) is 9.74. The number of rotatable bonds is 5. The highest BCUT2D eigenvalue weighted by molar-refractivity contribution is 8.00. The van der Waals surface area contributed by atoms with Crippen molar-refractivity contribution < 1.29 is 18.0 Å². The smallest absolute Gasteiger partial charge is 0.399 e. The van der Waals surface area contributed by atoms with Crippen LogP contribution in [-0.2, 0) is 11.0 Å². The van der Waals surface area contributed by atoms with E-state index in [4.69, 9.17) is 17.3 Å². The van der Waals surface area contributed by atoms with E-state index in [1.54, 1.807) is 48.5 Å². The molecule has 0 aliphatic rings. The third-order valence-electron chi connectivity index (χ3n) is 4.03. The van der Waals surface area contributed by atoms with Crippen LogP contribution in [0, 0.1) is 0 Å². The first-order chi connectivity index (χ1) is 13.7. The first-order valence-electron chi connectivity index (χ1n) is 8.49. The van der Waals surface area contributed by atoms with Crippen LogP contribution < -0.4 is 11.1 Å². The molecular weight excluding hydrogens is 421 g/mol. The van der Waals surface area contributed by atoms with E-state index in [1.807, 2.05) is 6.07 Å². The summed E-state index contributed by atoms with van der Waals surface area (Å²) >= 11 is 7.28. The van der Waals surface area contributed by atoms with Gasteiger partial charge in [0, 0.05) is 10.6 Å². The zero-order chi connectivity index (χ0) is 21.0. The molecule has 3 N–H and O–H groups in total. The third-order valence-corrected chi connectivity index (χ3v) is 5.62. The molecule has 3 rings (SSSR count). The molecule has 0 aliphatic carbocycles. The Labute approximate surface area is 175 Å². The molecule has 0 saturated heterocycles. The van der Waals surface area contributed by atoms with E-state index in [0.717, 1.165) is 23.1 Å². The summed E-state index contributed by atoms with van der Waals surface area (Å²) in [6.45, 7) is 0. The molecule has 1 amide bonds. The quantitative estimate of drug-likeness (QED) is 0.358. The van der Waals surface area contributed by atoms with Crippen molar-refractivity contribution in [2.24, 2.45) is 0 Å². The van der Waals surface area contributed by atoms with Gasteiger partial charge in [-0.05, 0) is 48.0 Å². The van der Waals surface area contributed by atoms with Gasteiger partial charge in [0.1, 0.15) is 5.25 Å². The summed E-state index contributed by atoms with van der Waals surface area (Å²) in [6, 6.07) is 18.8. The van der Waals surface area contributed by atoms with Crippen molar-refractivity contribution in [3.05, 3.63) is 88.9 Å². The average Bonchev–Trinajstić information content (AvgIpc) is 2.69. The predicted octanol–water partition coefficient (Wildman–Crippen LogP) is 6.41. The monoisotopic (exact) mass is 436 g/mol. The van der Waals surface area contributed by atoms with Crippen molar-refractivity contribution in [2.75, 3.05) is 11.1 Å². The van der Waals surface area contributed by atoms with E-state index in [-0.39, 0.29) is 10.7 Å². The Morgan fingerprint density at radius 3 is 2.28 bits per heavy atom. The van der Waals surface area contributed by atoms with E-state index in [0.29, 0.717) is 11.3 Å². The fourth-order valence-electron chi connectivity index (χ4n) is 2.58. The lowest BCUT2D eigenvalue weighted by Gasteiger charge is -2.18. The maximum atomic E-state index is 13.0. The molecule has 0 heterocycles. The molecular formula is C21H16ClF3N2OS. The van der Waals surface area contributed by atoms with Crippen LogP contribution in [0.5, 0.6) is 0 Å².